The predicted molar refractivity (Wildman–Crippen MR) is 64.2 cm³/mol. The molecule has 4 heteroatoms. The van der Waals surface area contributed by atoms with Gasteiger partial charge in [-0.3, -0.25) is 4.79 Å². The number of hydrogen-bond acceptors (Lipinski definition) is 1. The van der Waals surface area contributed by atoms with Crippen molar-refractivity contribution in [1.29, 1.82) is 0 Å². The molecule has 1 N–H and O–H groups in total. The van der Waals surface area contributed by atoms with Gasteiger partial charge in [0.2, 0.25) is 0 Å². The van der Waals surface area contributed by atoms with Gasteiger partial charge in [0.1, 0.15) is 5.82 Å². The molecule has 0 unspecified atom stereocenters. The fourth-order valence-electron chi connectivity index (χ4n) is 1.49. The second-order valence-electron chi connectivity index (χ2n) is 3.73. The first-order chi connectivity index (χ1) is 7.16. The highest BCUT2D eigenvalue weighted by Crippen LogP contribution is 2.20. The molecular formula is C11H11FINO. The number of rotatable bonds is 2. The van der Waals surface area contributed by atoms with Crippen LogP contribution in [-0.4, -0.2) is 11.9 Å². The molecule has 1 saturated carbocycles. The molecular weight excluding hydrogens is 308 g/mol. The van der Waals surface area contributed by atoms with Crippen LogP contribution in [0.3, 0.4) is 0 Å². The lowest BCUT2D eigenvalue weighted by atomic mass is 9.93. The Labute approximate surface area is 101 Å². The number of benzene rings is 1. The summed E-state index contributed by atoms with van der Waals surface area (Å²) >= 11 is 1.98. The van der Waals surface area contributed by atoms with Crippen molar-refractivity contribution in [2.75, 3.05) is 0 Å². The Balaban J connectivity index is 2.10. The topological polar surface area (TPSA) is 29.1 Å². The highest BCUT2D eigenvalue weighted by Gasteiger charge is 2.21. The molecule has 15 heavy (non-hydrogen) atoms. The van der Waals surface area contributed by atoms with Crippen molar-refractivity contribution in [2.45, 2.75) is 25.3 Å². The van der Waals surface area contributed by atoms with E-state index in [9.17, 15) is 9.18 Å². The smallest absolute Gasteiger partial charge is 0.252 e. The lowest BCUT2D eigenvalue weighted by Crippen LogP contribution is -2.39. The summed E-state index contributed by atoms with van der Waals surface area (Å²) in [7, 11) is 0. The molecule has 1 aliphatic rings. The third-order valence-corrected chi connectivity index (χ3v) is 3.51. The second kappa shape index (κ2) is 4.47. The van der Waals surface area contributed by atoms with Gasteiger partial charge < -0.3 is 5.32 Å². The predicted octanol–water partition coefficient (Wildman–Crippen LogP) is 2.71. The lowest BCUT2D eigenvalue weighted by molar-refractivity contribution is 0.0916. The molecule has 80 valence electrons. The fraction of sp³-hybridized carbons (Fsp3) is 0.364. The molecule has 0 bridgehead atoms. The van der Waals surface area contributed by atoms with Gasteiger partial charge in [0.15, 0.2) is 0 Å². The van der Waals surface area contributed by atoms with Gasteiger partial charge in [-0.05, 0) is 60.1 Å². The van der Waals surface area contributed by atoms with Crippen molar-refractivity contribution in [3.63, 3.8) is 0 Å². The van der Waals surface area contributed by atoms with Crippen LogP contribution in [0.15, 0.2) is 18.2 Å². The number of hydrogen-bond donors (Lipinski definition) is 1. The van der Waals surface area contributed by atoms with Crippen molar-refractivity contribution in [3.8, 4) is 0 Å². The highest BCUT2D eigenvalue weighted by atomic mass is 127. The van der Waals surface area contributed by atoms with Crippen LogP contribution in [0.2, 0.25) is 0 Å². The third kappa shape index (κ3) is 2.48. The summed E-state index contributed by atoms with van der Waals surface area (Å²) < 4.78 is 13.5. The van der Waals surface area contributed by atoms with E-state index >= 15 is 0 Å². The van der Waals surface area contributed by atoms with E-state index in [1.54, 1.807) is 0 Å². The summed E-state index contributed by atoms with van der Waals surface area (Å²) in [6.45, 7) is 0. The van der Waals surface area contributed by atoms with Crippen LogP contribution in [0, 0.1) is 9.39 Å². The number of amides is 1. The minimum absolute atomic E-state index is 0.0934. The van der Waals surface area contributed by atoms with E-state index < -0.39 is 0 Å². The molecule has 0 spiro atoms. The molecule has 1 amide bonds. The van der Waals surface area contributed by atoms with Gasteiger partial charge in [-0.25, -0.2) is 4.39 Å². The van der Waals surface area contributed by atoms with Crippen LogP contribution in [0.5, 0.6) is 0 Å². The quantitative estimate of drug-likeness (QED) is 0.835. The van der Waals surface area contributed by atoms with Gasteiger partial charge in [0, 0.05) is 9.61 Å². The molecule has 0 radical (unpaired) electrons. The van der Waals surface area contributed by atoms with Gasteiger partial charge in [0.25, 0.3) is 5.91 Å². The SMILES string of the molecule is O=C(NC1CCC1)c1ccc(F)cc1I. The second-order valence-corrected chi connectivity index (χ2v) is 4.89. The summed E-state index contributed by atoms with van der Waals surface area (Å²) in [5, 5.41) is 2.93. The third-order valence-electron chi connectivity index (χ3n) is 2.62. The van der Waals surface area contributed by atoms with E-state index in [2.05, 4.69) is 5.32 Å². The lowest BCUT2D eigenvalue weighted by Gasteiger charge is -2.26. The summed E-state index contributed by atoms with van der Waals surface area (Å²) in [5.41, 5.74) is 0.559. The van der Waals surface area contributed by atoms with E-state index in [1.165, 1.54) is 24.6 Å². The van der Waals surface area contributed by atoms with Gasteiger partial charge in [-0.1, -0.05) is 0 Å². The van der Waals surface area contributed by atoms with Crippen molar-refractivity contribution in [3.05, 3.63) is 33.1 Å². The van der Waals surface area contributed by atoms with E-state index in [4.69, 9.17) is 0 Å². The Bertz CT molecular complexity index is 390. The zero-order valence-electron chi connectivity index (χ0n) is 8.09. The summed E-state index contributed by atoms with van der Waals surface area (Å²) in [5.74, 6) is -0.399. The molecule has 0 aromatic heterocycles. The maximum absolute atomic E-state index is 12.8. The molecule has 1 aromatic carbocycles. The molecule has 1 aromatic rings. The van der Waals surface area contributed by atoms with E-state index in [1.807, 2.05) is 22.6 Å². The van der Waals surface area contributed by atoms with Crippen molar-refractivity contribution in [2.24, 2.45) is 0 Å². The van der Waals surface area contributed by atoms with E-state index in [-0.39, 0.29) is 11.7 Å². The van der Waals surface area contributed by atoms with Crippen LogP contribution in [0.25, 0.3) is 0 Å². The Hall–Kier alpha value is -0.650. The molecule has 2 nitrogen and oxygen atoms in total. The van der Waals surface area contributed by atoms with Crippen LogP contribution < -0.4 is 5.32 Å². The van der Waals surface area contributed by atoms with Crippen LogP contribution >= 0.6 is 22.6 Å². The first-order valence-electron chi connectivity index (χ1n) is 4.93. The molecule has 1 aliphatic carbocycles. The number of carbonyl (C=O) groups excluding carboxylic acids is 1. The monoisotopic (exact) mass is 319 g/mol. The van der Waals surface area contributed by atoms with Gasteiger partial charge in [-0.2, -0.15) is 0 Å². The standard InChI is InChI=1S/C11H11FINO/c12-7-4-5-9(10(13)6-7)11(15)14-8-2-1-3-8/h4-6,8H,1-3H2,(H,14,15). The molecule has 0 aliphatic heterocycles. The zero-order valence-corrected chi connectivity index (χ0v) is 10.3. The van der Waals surface area contributed by atoms with Crippen LogP contribution in [0.1, 0.15) is 29.6 Å². The summed E-state index contributed by atoms with van der Waals surface area (Å²) in [4.78, 5) is 11.7. The Kier molecular flexibility index (Phi) is 3.23. The first-order valence-corrected chi connectivity index (χ1v) is 6.00. The summed E-state index contributed by atoms with van der Waals surface area (Å²) in [6, 6.07) is 4.54. The Morgan fingerprint density at radius 2 is 2.20 bits per heavy atom. The van der Waals surface area contributed by atoms with Crippen molar-refractivity contribution in [1.82, 2.24) is 5.32 Å². The Morgan fingerprint density at radius 1 is 1.47 bits per heavy atom. The molecule has 0 saturated heterocycles. The largest absolute Gasteiger partial charge is 0.349 e. The average molecular weight is 319 g/mol. The minimum Gasteiger partial charge on any atom is -0.349 e. The summed E-state index contributed by atoms with van der Waals surface area (Å²) in [6.07, 6.45) is 3.30. The normalized spacial score (nSPS) is 15.9. The molecule has 0 atom stereocenters. The zero-order chi connectivity index (χ0) is 10.8. The van der Waals surface area contributed by atoms with Gasteiger partial charge >= 0.3 is 0 Å². The maximum atomic E-state index is 12.8. The van der Waals surface area contributed by atoms with Crippen molar-refractivity contribution < 1.29 is 9.18 Å². The molecule has 1 fully saturated rings. The fourth-order valence-corrected chi connectivity index (χ4v) is 2.21. The highest BCUT2D eigenvalue weighted by molar-refractivity contribution is 14.1. The maximum Gasteiger partial charge on any atom is 0.252 e. The van der Waals surface area contributed by atoms with Gasteiger partial charge in [0.05, 0.1) is 5.56 Å². The molecule has 0 heterocycles. The number of nitrogens with one attached hydrogen (secondary N) is 1. The van der Waals surface area contributed by atoms with Gasteiger partial charge in [-0.15, -0.1) is 0 Å². The number of carbonyl (C=O) groups is 1. The van der Waals surface area contributed by atoms with Crippen molar-refractivity contribution >= 4 is 28.5 Å². The average Bonchev–Trinajstić information content (AvgIpc) is 2.11. The van der Waals surface area contributed by atoms with Crippen LogP contribution in [0.4, 0.5) is 4.39 Å². The van der Waals surface area contributed by atoms with E-state index in [0.29, 0.717) is 15.2 Å². The molecule has 2 rings (SSSR count). The Morgan fingerprint density at radius 3 is 2.73 bits per heavy atom. The first kappa shape index (κ1) is 10.9. The number of halogens is 2. The van der Waals surface area contributed by atoms with E-state index in [0.717, 1.165) is 12.8 Å². The minimum atomic E-state index is -0.306. The van der Waals surface area contributed by atoms with Crippen LogP contribution in [-0.2, 0) is 0 Å².